The molecule has 2 saturated carbocycles. The molecule has 3 aromatic rings. The maximum absolute atomic E-state index is 13.0. The molecule has 4 nitrogen and oxygen atoms in total. The third-order valence-corrected chi connectivity index (χ3v) is 10.5. The quantitative estimate of drug-likeness (QED) is 0.0946. The lowest BCUT2D eigenvalue weighted by atomic mass is 9.58. The van der Waals surface area contributed by atoms with Gasteiger partial charge in [-0.1, -0.05) is 77.3 Å². The van der Waals surface area contributed by atoms with E-state index in [4.69, 9.17) is 0 Å². The molecule has 5 rings (SSSR count). The molecule has 0 aliphatic heterocycles. The van der Waals surface area contributed by atoms with Crippen LogP contribution in [0.25, 0.3) is 11.4 Å². The Morgan fingerprint density at radius 3 is 1.71 bits per heavy atom. The van der Waals surface area contributed by atoms with E-state index in [2.05, 4.69) is 26.4 Å². The van der Waals surface area contributed by atoms with Crippen molar-refractivity contribution in [1.82, 2.24) is 9.97 Å². The lowest BCUT2D eigenvalue weighted by Crippen LogP contribution is -2.35. The highest BCUT2D eigenvalue weighted by molar-refractivity contribution is 5.56. The molecule has 0 N–H and O–H groups in total. The Morgan fingerprint density at radius 2 is 1.20 bits per heavy atom. The van der Waals surface area contributed by atoms with Gasteiger partial charge in [0.1, 0.15) is 11.5 Å². The van der Waals surface area contributed by atoms with Crippen LogP contribution < -0.4 is 9.47 Å². The first kappa shape index (κ1) is 40.0. The van der Waals surface area contributed by atoms with Crippen molar-refractivity contribution in [2.24, 2.45) is 11.3 Å². The van der Waals surface area contributed by atoms with Gasteiger partial charge in [0.15, 0.2) is 5.82 Å². The van der Waals surface area contributed by atoms with Crippen LogP contribution in [0.3, 0.4) is 0 Å². The average Bonchev–Trinajstić information content (AvgIpc) is 3.16. The zero-order valence-corrected chi connectivity index (χ0v) is 29.7. The molecular weight excluding hydrogens is 666 g/mol. The second kappa shape index (κ2) is 20.3. The van der Waals surface area contributed by atoms with Crippen LogP contribution in [-0.2, 0) is 6.42 Å². The number of nitrogens with zero attached hydrogens (tertiary/aromatic N) is 2. The van der Waals surface area contributed by atoms with E-state index in [9.17, 15) is 26.3 Å². The number of ether oxygens (including phenoxy) is 2. The molecule has 0 bridgehead atoms. The number of unbranched alkanes of at least 4 members (excludes halogenated alkanes) is 4. The van der Waals surface area contributed by atoms with Gasteiger partial charge in [-0.15, -0.1) is 0 Å². The summed E-state index contributed by atoms with van der Waals surface area (Å²) < 4.78 is 82.7. The van der Waals surface area contributed by atoms with Gasteiger partial charge in [0.25, 0.3) is 0 Å². The normalized spacial score (nSPS) is 18.2. The van der Waals surface area contributed by atoms with Crippen molar-refractivity contribution in [1.29, 1.82) is 0 Å². The predicted molar refractivity (Wildman–Crippen MR) is 189 cm³/mol. The molecule has 1 aromatic heterocycles. The molecule has 0 radical (unpaired) electrons. The average molecular weight is 717 g/mol. The Balaban J connectivity index is 0.000000251. The van der Waals surface area contributed by atoms with Gasteiger partial charge in [-0.25, -0.2) is 9.97 Å². The molecule has 0 atom stereocenters. The number of aromatic nitrogens is 2. The van der Waals surface area contributed by atoms with Crippen molar-refractivity contribution in [3.8, 4) is 22.9 Å². The fraction of sp³-hybridized carbons (Fsp3) is 0.512. The van der Waals surface area contributed by atoms with Gasteiger partial charge < -0.3 is 9.47 Å². The number of hydrogen-bond donors (Lipinski definition) is 0. The van der Waals surface area contributed by atoms with Crippen molar-refractivity contribution in [3.63, 3.8) is 0 Å². The minimum absolute atomic E-state index is 0.0239. The smallest absolute Gasteiger partial charge is 0.344 e. The molecule has 278 valence electrons. The number of hydrogen-bond acceptors (Lipinski definition) is 4. The highest BCUT2D eigenvalue weighted by atomic mass is 19.3. The third-order valence-electron chi connectivity index (χ3n) is 10.5. The van der Waals surface area contributed by atoms with Gasteiger partial charge in [-0.05, 0) is 116 Å². The maximum atomic E-state index is 13.0. The van der Waals surface area contributed by atoms with E-state index in [1.807, 2.05) is 19.1 Å². The lowest BCUT2D eigenvalue weighted by Gasteiger charge is -2.47. The lowest BCUT2D eigenvalue weighted by molar-refractivity contribution is 0.0506. The first-order chi connectivity index (χ1) is 24.6. The van der Waals surface area contributed by atoms with Gasteiger partial charge >= 0.3 is 24.2 Å². The summed E-state index contributed by atoms with van der Waals surface area (Å²) in [5.74, 6) is 1.95. The first-order valence-electron chi connectivity index (χ1n) is 18.4. The monoisotopic (exact) mass is 716 g/mol. The maximum Gasteiger partial charge on any atom is 0.344 e. The molecular formula is C41H50F6N2O2. The summed E-state index contributed by atoms with van der Waals surface area (Å²) in [5, 5.41) is 0. The van der Waals surface area contributed by atoms with Crippen molar-refractivity contribution in [3.05, 3.63) is 96.2 Å². The van der Waals surface area contributed by atoms with E-state index < -0.39 is 24.2 Å². The third kappa shape index (κ3) is 12.1. The van der Waals surface area contributed by atoms with Crippen LogP contribution in [0.15, 0.2) is 85.1 Å². The summed E-state index contributed by atoms with van der Waals surface area (Å²) in [5.41, 5.74) is 3.49. The fourth-order valence-electron chi connectivity index (χ4n) is 7.69. The Hall–Kier alpha value is -3.82. The van der Waals surface area contributed by atoms with Crippen LogP contribution in [-0.4, -0.2) is 9.97 Å². The van der Waals surface area contributed by atoms with E-state index in [1.165, 1.54) is 114 Å². The molecule has 0 unspecified atom stereocenters. The summed E-state index contributed by atoms with van der Waals surface area (Å²) in [7, 11) is 0. The molecule has 2 aliphatic carbocycles. The predicted octanol–water partition coefficient (Wildman–Crippen LogP) is 13.8. The molecule has 2 aliphatic rings. The standard InChI is InChI=1S/C27H39F3O.C14H11F3N2O/c1-2-3-4-5-7-18-27(19-8-6-9-20-27)23-14-10-21(11-15-23)22-12-16-24(17-13-22)31-26(30)25(28)29;1-2-9-7-18-14(19-8-9)10-3-5-11(6-4-10)20-13(17)12(15)16/h12-13,16-17,21,23H,2-11,14-15,18-20H2,1H3;3-8H,2H2,1H3. The molecule has 0 amide bonds. The van der Waals surface area contributed by atoms with Gasteiger partial charge in [0.2, 0.25) is 0 Å². The van der Waals surface area contributed by atoms with Gasteiger partial charge in [0.05, 0.1) is 0 Å². The summed E-state index contributed by atoms with van der Waals surface area (Å²) in [6.45, 7) is 4.28. The molecule has 1 heterocycles. The van der Waals surface area contributed by atoms with Crippen LogP contribution in [0, 0.1) is 11.3 Å². The van der Waals surface area contributed by atoms with Crippen LogP contribution in [0.4, 0.5) is 26.3 Å². The van der Waals surface area contributed by atoms with E-state index in [-0.39, 0.29) is 11.5 Å². The highest BCUT2D eigenvalue weighted by Crippen LogP contribution is 2.53. The Labute approximate surface area is 298 Å². The van der Waals surface area contributed by atoms with Crippen molar-refractivity contribution < 1.29 is 35.8 Å². The zero-order chi connectivity index (χ0) is 36.6. The molecule has 2 aromatic carbocycles. The van der Waals surface area contributed by atoms with Crippen LogP contribution in [0.5, 0.6) is 11.5 Å². The van der Waals surface area contributed by atoms with Crippen LogP contribution in [0.2, 0.25) is 0 Å². The topological polar surface area (TPSA) is 44.2 Å². The number of benzene rings is 2. The summed E-state index contributed by atoms with van der Waals surface area (Å²) in [6.07, 6.45) is 19.6. The van der Waals surface area contributed by atoms with Crippen molar-refractivity contribution in [2.45, 2.75) is 122 Å². The molecule has 10 heteroatoms. The summed E-state index contributed by atoms with van der Waals surface area (Å²) in [4.78, 5) is 8.37. The van der Waals surface area contributed by atoms with Gasteiger partial charge in [0, 0.05) is 18.0 Å². The molecule has 51 heavy (non-hydrogen) atoms. The van der Waals surface area contributed by atoms with Crippen LogP contribution in [0.1, 0.15) is 127 Å². The fourth-order valence-corrected chi connectivity index (χ4v) is 7.69. The molecule has 0 saturated heterocycles. The minimum atomic E-state index is -2.49. The SMILES string of the molecule is CCCCCCCC1(C2CCC(c3ccc(OC(F)=C(F)F)cc3)CC2)CCCCC1.CCc1cnc(-c2ccc(OC(F)=C(F)F)cc2)nc1. The van der Waals surface area contributed by atoms with E-state index >= 15 is 0 Å². The Bertz CT molecular complexity index is 1520. The summed E-state index contributed by atoms with van der Waals surface area (Å²) in [6, 6.07) is 9.18. The van der Waals surface area contributed by atoms with Crippen molar-refractivity contribution in [2.75, 3.05) is 0 Å². The Kier molecular flexibility index (Phi) is 15.9. The van der Waals surface area contributed by atoms with Gasteiger partial charge in [-0.2, -0.15) is 26.3 Å². The zero-order valence-electron chi connectivity index (χ0n) is 29.7. The molecule has 2 fully saturated rings. The van der Waals surface area contributed by atoms with Gasteiger partial charge in [-0.3, -0.25) is 0 Å². The van der Waals surface area contributed by atoms with E-state index in [1.54, 1.807) is 36.7 Å². The second-order valence-electron chi connectivity index (χ2n) is 13.8. The minimum Gasteiger partial charge on any atom is -0.428 e. The Morgan fingerprint density at radius 1 is 0.667 bits per heavy atom. The first-order valence-corrected chi connectivity index (χ1v) is 18.4. The van der Waals surface area contributed by atoms with Crippen LogP contribution >= 0.6 is 0 Å². The summed E-state index contributed by atoms with van der Waals surface area (Å²) >= 11 is 0. The van der Waals surface area contributed by atoms with E-state index in [0.717, 1.165) is 17.9 Å². The number of aryl methyl sites for hydroxylation is 1. The largest absolute Gasteiger partial charge is 0.428 e. The molecule has 0 spiro atoms. The van der Waals surface area contributed by atoms with E-state index in [0.29, 0.717) is 22.7 Å². The second-order valence-corrected chi connectivity index (χ2v) is 13.8. The number of halogens is 6. The highest BCUT2D eigenvalue weighted by Gasteiger charge is 2.40. The van der Waals surface area contributed by atoms with Crippen molar-refractivity contribution >= 4 is 0 Å². The number of rotatable bonds is 14.